The number of allylic oxidation sites excluding steroid dienone is 1. The zero-order chi connectivity index (χ0) is 13.7. The van der Waals surface area contributed by atoms with E-state index in [4.69, 9.17) is 10.5 Å². The number of nitrogens with zero attached hydrogens (tertiary/aromatic N) is 2. The second kappa shape index (κ2) is 6.64. The second-order valence-corrected chi connectivity index (χ2v) is 5.65. The van der Waals surface area contributed by atoms with E-state index in [9.17, 15) is 9.70 Å². The smallest absolute Gasteiger partial charge is 0.267 e. The van der Waals surface area contributed by atoms with Crippen molar-refractivity contribution in [2.75, 3.05) is 24.2 Å². The van der Waals surface area contributed by atoms with Crippen molar-refractivity contribution in [2.45, 2.75) is 6.42 Å². The van der Waals surface area contributed by atoms with E-state index in [2.05, 4.69) is 15.5 Å². The highest BCUT2D eigenvalue weighted by molar-refractivity contribution is 8.04. The zero-order valence-corrected chi connectivity index (χ0v) is 11.6. The molecule has 1 aliphatic heterocycles. The topological polar surface area (TPSA) is 107 Å². The summed E-state index contributed by atoms with van der Waals surface area (Å²) >= 11 is 2.46. The zero-order valence-electron chi connectivity index (χ0n) is 9.92. The van der Waals surface area contributed by atoms with Gasteiger partial charge in [0.2, 0.25) is 0 Å². The maximum absolute atomic E-state index is 12.0. The number of thiazole rings is 1. The molecule has 1 aromatic rings. The van der Waals surface area contributed by atoms with Crippen LogP contribution in [0.3, 0.4) is 0 Å². The van der Waals surface area contributed by atoms with E-state index in [1.54, 1.807) is 0 Å². The standard InChI is InChI=1S/C10H12N4O3S2/c11-2-3-17-6-1-4-18-8(6)9(15)13-10-12-5-7(14-16)19-10/h5H,1-4,11H2,(H,12,13,15). The van der Waals surface area contributed by atoms with Crippen molar-refractivity contribution in [3.63, 3.8) is 0 Å². The molecule has 1 amide bonds. The van der Waals surface area contributed by atoms with E-state index in [1.807, 2.05) is 0 Å². The molecule has 102 valence electrons. The largest absolute Gasteiger partial charge is 0.495 e. The van der Waals surface area contributed by atoms with Gasteiger partial charge in [0.25, 0.3) is 5.91 Å². The Labute approximate surface area is 117 Å². The van der Waals surface area contributed by atoms with Crippen molar-refractivity contribution >= 4 is 39.1 Å². The molecule has 2 rings (SSSR count). The van der Waals surface area contributed by atoms with E-state index >= 15 is 0 Å². The van der Waals surface area contributed by atoms with Gasteiger partial charge in [0.15, 0.2) is 10.1 Å². The van der Waals surface area contributed by atoms with Crippen molar-refractivity contribution in [1.82, 2.24) is 4.98 Å². The molecule has 0 saturated carbocycles. The summed E-state index contributed by atoms with van der Waals surface area (Å²) in [6.07, 6.45) is 2.03. The highest BCUT2D eigenvalue weighted by Gasteiger charge is 2.24. The van der Waals surface area contributed by atoms with E-state index in [-0.39, 0.29) is 10.9 Å². The lowest BCUT2D eigenvalue weighted by atomic mass is 10.3. The number of thioether (sulfide) groups is 1. The van der Waals surface area contributed by atoms with Crippen LogP contribution in [0.1, 0.15) is 6.42 Å². The molecule has 7 nitrogen and oxygen atoms in total. The molecular formula is C10H12N4O3S2. The first kappa shape index (κ1) is 14.0. The molecule has 3 N–H and O–H groups in total. The third-order valence-electron chi connectivity index (χ3n) is 2.23. The van der Waals surface area contributed by atoms with Crippen LogP contribution in [0, 0.1) is 4.91 Å². The van der Waals surface area contributed by atoms with Crippen molar-refractivity contribution in [3.8, 4) is 0 Å². The first-order chi connectivity index (χ1) is 9.24. The van der Waals surface area contributed by atoms with Gasteiger partial charge in [-0.1, -0.05) is 11.3 Å². The Kier molecular flexibility index (Phi) is 4.88. The number of rotatable bonds is 6. The molecule has 1 aliphatic rings. The maximum Gasteiger partial charge on any atom is 0.267 e. The lowest BCUT2D eigenvalue weighted by Gasteiger charge is -2.07. The molecule has 0 saturated heterocycles. The Hall–Kier alpha value is -1.45. The van der Waals surface area contributed by atoms with Gasteiger partial charge in [-0.25, -0.2) is 4.98 Å². The SMILES string of the molecule is NCCOC1=C(C(=O)Nc2ncc(N=O)s2)SCC1. The molecule has 0 bridgehead atoms. The number of hydrogen-bond donors (Lipinski definition) is 2. The number of nitrogens with two attached hydrogens (primary N) is 1. The van der Waals surface area contributed by atoms with Crippen molar-refractivity contribution in [2.24, 2.45) is 10.9 Å². The van der Waals surface area contributed by atoms with E-state index in [1.165, 1.54) is 18.0 Å². The van der Waals surface area contributed by atoms with Crippen LogP contribution in [-0.2, 0) is 9.53 Å². The van der Waals surface area contributed by atoms with Gasteiger partial charge < -0.3 is 10.5 Å². The Morgan fingerprint density at radius 2 is 2.47 bits per heavy atom. The minimum Gasteiger partial charge on any atom is -0.495 e. The van der Waals surface area contributed by atoms with Gasteiger partial charge in [-0.2, -0.15) is 0 Å². The molecule has 9 heteroatoms. The summed E-state index contributed by atoms with van der Waals surface area (Å²) in [4.78, 5) is 26.8. The minimum atomic E-state index is -0.277. The minimum absolute atomic E-state index is 0.225. The Morgan fingerprint density at radius 3 is 3.16 bits per heavy atom. The molecule has 0 aromatic carbocycles. The van der Waals surface area contributed by atoms with Crippen LogP contribution >= 0.6 is 23.1 Å². The Morgan fingerprint density at radius 1 is 1.63 bits per heavy atom. The van der Waals surface area contributed by atoms with Gasteiger partial charge in [-0.15, -0.1) is 16.7 Å². The number of amides is 1. The third-order valence-corrected chi connectivity index (χ3v) is 4.13. The summed E-state index contributed by atoms with van der Waals surface area (Å²) in [6, 6.07) is 0. The molecule has 0 unspecified atom stereocenters. The number of nitroso groups, excluding NO2 is 1. The van der Waals surface area contributed by atoms with Crippen molar-refractivity contribution < 1.29 is 9.53 Å². The monoisotopic (exact) mass is 300 g/mol. The molecular weight excluding hydrogens is 288 g/mol. The summed E-state index contributed by atoms with van der Waals surface area (Å²) < 4.78 is 5.44. The van der Waals surface area contributed by atoms with Gasteiger partial charge in [0, 0.05) is 18.7 Å². The predicted octanol–water partition coefficient (Wildman–Crippen LogP) is 1.80. The summed E-state index contributed by atoms with van der Waals surface area (Å²) in [5.74, 6) is 1.20. The fourth-order valence-electron chi connectivity index (χ4n) is 1.47. The molecule has 0 aliphatic carbocycles. The van der Waals surface area contributed by atoms with E-state index < -0.39 is 0 Å². The van der Waals surface area contributed by atoms with Crippen LogP contribution in [0.4, 0.5) is 10.1 Å². The summed E-state index contributed by atoms with van der Waals surface area (Å²) in [6.45, 7) is 0.799. The number of carbonyl (C=O) groups is 1. The van der Waals surface area contributed by atoms with Crippen LogP contribution in [0.15, 0.2) is 22.0 Å². The molecule has 2 heterocycles. The fourth-order valence-corrected chi connectivity index (χ4v) is 3.06. The average molecular weight is 300 g/mol. The molecule has 0 atom stereocenters. The molecule has 0 fully saturated rings. The fraction of sp³-hybridized carbons (Fsp3) is 0.400. The normalized spacial score (nSPS) is 14.6. The number of ether oxygens (including phenoxy) is 1. The van der Waals surface area contributed by atoms with Crippen molar-refractivity contribution in [3.05, 3.63) is 21.8 Å². The lowest BCUT2D eigenvalue weighted by Crippen LogP contribution is -2.14. The number of nitrogens with one attached hydrogen (secondary N) is 1. The second-order valence-electron chi connectivity index (χ2n) is 3.54. The van der Waals surface area contributed by atoms with Crippen LogP contribution in [-0.4, -0.2) is 29.8 Å². The van der Waals surface area contributed by atoms with Crippen LogP contribution < -0.4 is 11.1 Å². The maximum atomic E-state index is 12.0. The summed E-state index contributed by atoms with van der Waals surface area (Å²) in [5.41, 5.74) is 5.37. The Bertz CT molecular complexity index is 515. The molecule has 0 spiro atoms. The van der Waals surface area contributed by atoms with Crippen molar-refractivity contribution in [1.29, 1.82) is 0 Å². The average Bonchev–Trinajstić information content (AvgIpc) is 3.04. The van der Waals surface area contributed by atoms with Gasteiger partial charge in [0.05, 0.1) is 12.8 Å². The first-order valence-corrected chi connectivity index (χ1v) is 7.34. The van der Waals surface area contributed by atoms with E-state index in [0.29, 0.717) is 35.4 Å². The number of hydrogen-bond acceptors (Lipinski definition) is 8. The highest BCUT2D eigenvalue weighted by atomic mass is 32.2. The van der Waals surface area contributed by atoms with Gasteiger partial charge in [-0.3, -0.25) is 10.1 Å². The quantitative estimate of drug-likeness (QED) is 0.776. The Balaban J connectivity index is 2.03. The molecule has 0 radical (unpaired) electrons. The number of aromatic nitrogens is 1. The highest BCUT2D eigenvalue weighted by Crippen LogP contribution is 2.33. The number of carbonyl (C=O) groups excluding carboxylic acids is 1. The summed E-state index contributed by atoms with van der Waals surface area (Å²) in [5, 5.41) is 5.95. The lowest BCUT2D eigenvalue weighted by molar-refractivity contribution is -0.112. The first-order valence-electron chi connectivity index (χ1n) is 5.54. The van der Waals surface area contributed by atoms with Gasteiger partial charge >= 0.3 is 0 Å². The predicted molar refractivity (Wildman–Crippen MR) is 75.3 cm³/mol. The summed E-state index contributed by atoms with van der Waals surface area (Å²) in [7, 11) is 0. The molecule has 19 heavy (non-hydrogen) atoms. The number of anilines is 1. The van der Waals surface area contributed by atoms with Crippen LogP contribution in [0.5, 0.6) is 0 Å². The van der Waals surface area contributed by atoms with Gasteiger partial charge in [-0.05, 0) is 5.18 Å². The van der Waals surface area contributed by atoms with Gasteiger partial charge in [0.1, 0.15) is 10.7 Å². The van der Waals surface area contributed by atoms with Crippen LogP contribution in [0.2, 0.25) is 0 Å². The third kappa shape index (κ3) is 3.52. The van der Waals surface area contributed by atoms with Crippen LogP contribution in [0.25, 0.3) is 0 Å². The molecule has 1 aromatic heterocycles. The van der Waals surface area contributed by atoms with E-state index in [0.717, 1.165) is 17.1 Å².